The quantitative estimate of drug-likeness (QED) is 0.603. The number of hydrogen-bond donors (Lipinski definition) is 2. The summed E-state index contributed by atoms with van der Waals surface area (Å²) in [4.78, 5) is 7.26. The fraction of sp³-hybridized carbons (Fsp3) is 0.650. The molecule has 0 spiro atoms. The Morgan fingerprint density at radius 1 is 1.19 bits per heavy atom. The summed E-state index contributed by atoms with van der Waals surface area (Å²) in [6, 6.07) is 7.73. The lowest BCUT2D eigenvalue weighted by atomic mass is 9.73. The van der Waals surface area contributed by atoms with Crippen molar-refractivity contribution in [1.29, 1.82) is 0 Å². The standard InChI is InChI=1S/C20H32N4O2/c1-25-18-7-5-17(6-8-18)23-19(21)22-15-20(9-3-2-4-10-20)16-24-11-13-26-14-12-24/h5-8H,2-4,9-16H2,1H3,(H3,21,22,23). The van der Waals surface area contributed by atoms with Gasteiger partial charge in [-0.2, -0.15) is 0 Å². The predicted octanol–water partition coefficient (Wildman–Crippen LogP) is 2.70. The number of rotatable bonds is 6. The van der Waals surface area contributed by atoms with Crippen molar-refractivity contribution in [3.05, 3.63) is 24.3 Å². The van der Waals surface area contributed by atoms with Crippen LogP contribution in [0.1, 0.15) is 32.1 Å². The van der Waals surface area contributed by atoms with E-state index in [4.69, 9.17) is 20.2 Å². The molecule has 0 aromatic heterocycles. The maximum Gasteiger partial charge on any atom is 0.193 e. The molecule has 0 atom stereocenters. The van der Waals surface area contributed by atoms with Crippen LogP contribution >= 0.6 is 0 Å². The number of guanidine groups is 1. The Hall–Kier alpha value is -1.79. The number of nitrogens with zero attached hydrogens (tertiary/aromatic N) is 2. The summed E-state index contributed by atoms with van der Waals surface area (Å²) < 4.78 is 10.7. The van der Waals surface area contributed by atoms with Crippen LogP contribution in [0.5, 0.6) is 5.75 Å². The summed E-state index contributed by atoms with van der Waals surface area (Å²) in [6.07, 6.45) is 6.42. The number of aliphatic imine (C=N–C) groups is 1. The number of anilines is 1. The zero-order chi connectivity index (χ0) is 18.2. The smallest absolute Gasteiger partial charge is 0.193 e. The highest BCUT2D eigenvalue weighted by Crippen LogP contribution is 2.37. The Kier molecular flexibility index (Phi) is 6.74. The van der Waals surface area contributed by atoms with Gasteiger partial charge >= 0.3 is 0 Å². The summed E-state index contributed by atoms with van der Waals surface area (Å²) in [6.45, 7) is 5.66. The van der Waals surface area contributed by atoms with E-state index in [0.29, 0.717) is 5.96 Å². The van der Waals surface area contributed by atoms with Gasteiger partial charge in [-0.25, -0.2) is 0 Å². The molecule has 3 N–H and O–H groups in total. The molecular formula is C20H32N4O2. The molecule has 3 rings (SSSR count). The van der Waals surface area contributed by atoms with Gasteiger partial charge in [0, 0.05) is 37.3 Å². The first-order valence-corrected chi connectivity index (χ1v) is 9.70. The molecule has 0 amide bonds. The highest BCUT2D eigenvalue weighted by atomic mass is 16.5. The lowest BCUT2D eigenvalue weighted by molar-refractivity contribution is 0.00940. The molecule has 26 heavy (non-hydrogen) atoms. The maximum absolute atomic E-state index is 6.16. The molecule has 1 aromatic carbocycles. The summed E-state index contributed by atoms with van der Waals surface area (Å²) in [5, 5.41) is 3.19. The minimum atomic E-state index is 0.252. The Balaban J connectivity index is 1.60. The first kappa shape index (κ1) is 19.0. The van der Waals surface area contributed by atoms with E-state index in [2.05, 4.69) is 10.2 Å². The van der Waals surface area contributed by atoms with Gasteiger partial charge in [0.25, 0.3) is 0 Å². The number of hydrogen-bond acceptors (Lipinski definition) is 4. The predicted molar refractivity (Wildman–Crippen MR) is 106 cm³/mol. The first-order valence-electron chi connectivity index (χ1n) is 9.70. The van der Waals surface area contributed by atoms with Crippen LogP contribution in [-0.2, 0) is 4.74 Å². The van der Waals surface area contributed by atoms with E-state index >= 15 is 0 Å². The Bertz CT molecular complexity index is 576. The molecule has 1 aliphatic carbocycles. The molecule has 1 aromatic rings. The van der Waals surface area contributed by atoms with E-state index in [-0.39, 0.29) is 5.41 Å². The van der Waals surface area contributed by atoms with Crippen molar-refractivity contribution in [2.45, 2.75) is 32.1 Å². The van der Waals surface area contributed by atoms with Crippen LogP contribution in [-0.4, -0.2) is 57.4 Å². The maximum atomic E-state index is 6.16. The van der Waals surface area contributed by atoms with Crippen molar-refractivity contribution in [3.63, 3.8) is 0 Å². The highest BCUT2D eigenvalue weighted by Gasteiger charge is 2.34. The minimum Gasteiger partial charge on any atom is -0.497 e. The second kappa shape index (κ2) is 9.24. The molecule has 0 unspecified atom stereocenters. The molecule has 6 heteroatoms. The third-order valence-electron chi connectivity index (χ3n) is 5.52. The average Bonchev–Trinajstić information content (AvgIpc) is 2.69. The molecule has 1 saturated heterocycles. The highest BCUT2D eigenvalue weighted by molar-refractivity contribution is 5.92. The van der Waals surface area contributed by atoms with Gasteiger partial charge in [-0.1, -0.05) is 19.3 Å². The van der Waals surface area contributed by atoms with Gasteiger partial charge in [0.1, 0.15) is 5.75 Å². The van der Waals surface area contributed by atoms with Gasteiger partial charge in [0.05, 0.1) is 20.3 Å². The number of morpholine rings is 1. The van der Waals surface area contributed by atoms with E-state index in [1.54, 1.807) is 7.11 Å². The Morgan fingerprint density at radius 2 is 1.88 bits per heavy atom. The van der Waals surface area contributed by atoms with Gasteiger partial charge in [-0.05, 0) is 37.1 Å². The van der Waals surface area contributed by atoms with E-state index in [0.717, 1.165) is 50.8 Å². The van der Waals surface area contributed by atoms with Gasteiger partial charge < -0.3 is 20.5 Å². The van der Waals surface area contributed by atoms with Gasteiger partial charge in [0.2, 0.25) is 0 Å². The van der Waals surface area contributed by atoms with Crippen LogP contribution in [0.2, 0.25) is 0 Å². The summed E-state index contributed by atoms with van der Waals surface area (Å²) in [5.74, 6) is 1.32. The molecule has 2 aliphatic rings. The number of nitrogens with one attached hydrogen (secondary N) is 1. The SMILES string of the molecule is COc1ccc(NC(N)=NCC2(CN3CCOCC3)CCCCC2)cc1. The molecule has 0 radical (unpaired) electrons. The second-order valence-electron chi connectivity index (χ2n) is 7.50. The van der Waals surface area contributed by atoms with Gasteiger partial charge in [-0.15, -0.1) is 0 Å². The molecule has 0 bridgehead atoms. The van der Waals surface area contributed by atoms with E-state index < -0.39 is 0 Å². The molecule has 6 nitrogen and oxygen atoms in total. The van der Waals surface area contributed by atoms with Crippen LogP contribution < -0.4 is 15.8 Å². The van der Waals surface area contributed by atoms with E-state index in [1.165, 1.54) is 32.1 Å². The number of methoxy groups -OCH3 is 1. The number of ether oxygens (including phenoxy) is 2. The van der Waals surface area contributed by atoms with Crippen LogP contribution in [0.3, 0.4) is 0 Å². The zero-order valence-electron chi connectivity index (χ0n) is 15.9. The lowest BCUT2D eigenvalue weighted by Crippen LogP contribution is -2.46. The third kappa shape index (κ3) is 5.35. The molecule has 144 valence electrons. The molecule has 1 heterocycles. The largest absolute Gasteiger partial charge is 0.497 e. The third-order valence-corrected chi connectivity index (χ3v) is 5.52. The van der Waals surface area contributed by atoms with Crippen molar-refractivity contribution in [2.24, 2.45) is 16.1 Å². The van der Waals surface area contributed by atoms with Crippen molar-refractivity contribution in [1.82, 2.24) is 4.90 Å². The van der Waals surface area contributed by atoms with Crippen molar-refractivity contribution in [2.75, 3.05) is 51.8 Å². The minimum absolute atomic E-state index is 0.252. The van der Waals surface area contributed by atoms with Crippen LogP contribution in [0, 0.1) is 5.41 Å². The topological polar surface area (TPSA) is 72.1 Å². The first-order chi connectivity index (χ1) is 12.7. The average molecular weight is 361 g/mol. The zero-order valence-corrected chi connectivity index (χ0v) is 15.9. The van der Waals surface area contributed by atoms with E-state index in [1.807, 2.05) is 24.3 Å². The molecule has 2 fully saturated rings. The Morgan fingerprint density at radius 3 is 2.54 bits per heavy atom. The lowest BCUT2D eigenvalue weighted by Gasteiger charge is -2.41. The fourth-order valence-corrected chi connectivity index (χ4v) is 4.02. The monoisotopic (exact) mass is 360 g/mol. The van der Waals surface area contributed by atoms with Crippen molar-refractivity contribution in [3.8, 4) is 5.75 Å². The molecule has 1 aliphatic heterocycles. The van der Waals surface area contributed by atoms with Crippen LogP contribution in [0.15, 0.2) is 29.3 Å². The summed E-state index contributed by atoms with van der Waals surface area (Å²) >= 11 is 0. The van der Waals surface area contributed by atoms with Gasteiger partial charge in [-0.3, -0.25) is 9.89 Å². The van der Waals surface area contributed by atoms with E-state index in [9.17, 15) is 0 Å². The number of benzene rings is 1. The fourth-order valence-electron chi connectivity index (χ4n) is 4.02. The van der Waals surface area contributed by atoms with Gasteiger partial charge in [0.15, 0.2) is 5.96 Å². The second-order valence-corrected chi connectivity index (χ2v) is 7.50. The van der Waals surface area contributed by atoms with Crippen molar-refractivity contribution >= 4 is 11.6 Å². The summed E-state index contributed by atoms with van der Waals surface area (Å²) in [7, 11) is 1.66. The molecule has 1 saturated carbocycles. The number of nitrogens with two attached hydrogens (primary N) is 1. The van der Waals surface area contributed by atoms with Crippen LogP contribution in [0.25, 0.3) is 0 Å². The molecular weight excluding hydrogens is 328 g/mol. The normalized spacial score (nSPS) is 21.3. The Labute approximate surface area is 156 Å². The summed E-state index contributed by atoms with van der Waals surface area (Å²) in [5.41, 5.74) is 7.34. The van der Waals surface area contributed by atoms with Crippen molar-refractivity contribution < 1.29 is 9.47 Å². The van der Waals surface area contributed by atoms with Crippen LogP contribution in [0.4, 0.5) is 5.69 Å².